The summed E-state index contributed by atoms with van der Waals surface area (Å²) in [7, 11) is 0. The Balaban J connectivity index is 2.29. The number of amides is 2. The number of carbonyl (C=O) groups is 2. The third-order valence-electron chi connectivity index (χ3n) is 3.71. The summed E-state index contributed by atoms with van der Waals surface area (Å²) in [5.74, 6) is -0.840. The summed E-state index contributed by atoms with van der Waals surface area (Å²) in [5, 5.41) is 7.00. The summed E-state index contributed by atoms with van der Waals surface area (Å²) in [4.78, 5) is 27.6. The maximum absolute atomic E-state index is 13.0. The Labute approximate surface area is 159 Å². The Bertz CT molecular complexity index is 841. The molecule has 0 spiro atoms. The van der Waals surface area contributed by atoms with E-state index in [2.05, 4.69) is 15.6 Å². The number of hydrogen-bond donors (Lipinski definition) is 2. The third-order valence-corrected chi connectivity index (χ3v) is 4.47. The first-order valence-electron chi connectivity index (χ1n) is 8.09. The first-order valence-corrected chi connectivity index (χ1v) is 8.97. The highest BCUT2D eigenvalue weighted by atomic mass is 32.1. The molecule has 0 aliphatic carbocycles. The van der Waals surface area contributed by atoms with Gasteiger partial charge in [0, 0.05) is 12.3 Å². The van der Waals surface area contributed by atoms with Gasteiger partial charge in [-0.3, -0.25) is 9.59 Å². The molecular weight excluding hydrogens is 379 g/mol. The van der Waals surface area contributed by atoms with E-state index >= 15 is 0 Å². The zero-order valence-corrected chi connectivity index (χ0v) is 16.1. The van der Waals surface area contributed by atoms with Crippen LogP contribution >= 0.6 is 11.3 Å². The molecule has 27 heavy (non-hydrogen) atoms. The quantitative estimate of drug-likeness (QED) is 0.787. The van der Waals surface area contributed by atoms with Crippen LogP contribution in [0.25, 0.3) is 0 Å². The maximum atomic E-state index is 13.0. The van der Waals surface area contributed by atoms with Gasteiger partial charge in [-0.2, -0.15) is 13.2 Å². The molecule has 0 radical (unpaired) electrons. The Kier molecular flexibility index (Phi) is 5.94. The van der Waals surface area contributed by atoms with E-state index in [1.165, 1.54) is 18.4 Å². The number of alkyl halides is 3. The molecule has 1 atom stereocenters. The molecule has 0 aliphatic heterocycles. The van der Waals surface area contributed by atoms with Crippen LogP contribution in [0.15, 0.2) is 29.6 Å². The minimum Gasteiger partial charge on any atom is -0.343 e. The molecule has 5 nitrogen and oxygen atoms in total. The first-order chi connectivity index (χ1) is 12.4. The normalized spacial score (nSPS) is 13.1. The van der Waals surface area contributed by atoms with Crippen molar-refractivity contribution in [1.29, 1.82) is 0 Å². The molecule has 0 bridgehead atoms. The van der Waals surface area contributed by atoms with Gasteiger partial charge in [0.25, 0.3) is 5.91 Å². The van der Waals surface area contributed by atoms with Crippen LogP contribution in [0.2, 0.25) is 0 Å². The zero-order chi connectivity index (χ0) is 20.4. The fraction of sp³-hybridized carbons (Fsp3) is 0.389. The summed E-state index contributed by atoms with van der Waals surface area (Å²) in [6, 6.07) is 4.24. The minimum atomic E-state index is -4.47. The number of hydrogen-bond acceptors (Lipinski definition) is 4. The predicted octanol–water partition coefficient (Wildman–Crippen LogP) is 4.64. The molecule has 2 amide bonds. The number of aromatic nitrogens is 1. The number of rotatable bonds is 4. The Morgan fingerprint density at radius 3 is 2.41 bits per heavy atom. The van der Waals surface area contributed by atoms with Gasteiger partial charge in [-0.1, -0.05) is 32.9 Å². The molecule has 0 fully saturated rings. The maximum Gasteiger partial charge on any atom is 0.416 e. The van der Waals surface area contributed by atoms with Gasteiger partial charge in [0.1, 0.15) is 5.69 Å². The molecule has 2 rings (SSSR count). The molecule has 9 heteroatoms. The van der Waals surface area contributed by atoms with Crippen molar-refractivity contribution >= 4 is 28.3 Å². The molecular formula is C18H20F3N3O2S. The fourth-order valence-corrected chi connectivity index (χ4v) is 3.22. The fourth-order valence-electron chi connectivity index (χ4n) is 2.49. The SMILES string of the molecule is CC(=O)Nc1nc(C(=O)NC(c2cccc(C(F)(F)F)c2)C(C)(C)C)cs1. The lowest BCUT2D eigenvalue weighted by atomic mass is 9.82. The van der Waals surface area contributed by atoms with Crippen molar-refractivity contribution in [1.82, 2.24) is 10.3 Å². The molecule has 1 aromatic carbocycles. The van der Waals surface area contributed by atoms with Gasteiger partial charge >= 0.3 is 6.18 Å². The second kappa shape index (κ2) is 7.67. The molecule has 146 valence electrons. The van der Waals surface area contributed by atoms with E-state index in [1.54, 1.807) is 6.07 Å². The van der Waals surface area contributed by atoms with Crippen LogP contribution in [0, 0.1) is 5.41 Å². The van der Waals surface area contributed by atoms with Crippen molar-refractivity contribution in [2.45, 2.75) is 39.9 Å². The van der Waals surface area contributed by atoms with E-state index in [9.17, 15) is 22.8 Å². The van der Waals surface area contributed by atoms with Crippen LogP contribution < -0.4 is 10.6 Å². The van der Waals surface area contributed by atoms with E-state index < -0.39 is 29.1 Å². The van der Waals surface area contributed by atoms with E-state index in [4.69, 9.17) is 0 Å². The van der Waals surface area contributed by atoms with Crippen molar-refractivity contribution < 1.29 is 22.8 Å². The smallest absolute Gasteiger partial charge is 0.343 e. The second-order valence-electron chi connectivity index (χ2n) is 7.11. The van der Waals surface area contributed by atoms with Gasteiger partial charge in [0.05, 0.1) is 11.6 Å². The van der Waals surface area contributed by atoms with Gasteiger partial charge in [0.15, 0.2) is 5.13 Å². The molecule has 0 aliphatic rings. The number of anilines is 1. The second-order valence-corrected chi connectivity index (χ2v) is 7.97. The standard InChI is InChI=1S/C18H20F3N3O2S/c1-10(25)22-16-23-13(9-27-16)15(26)24-14(17(2,3)4)11-6-5-7-12(8-11)18(19,20)21/h5-9,14H,1-4H3,(H,24,26)(H,22,23,25). The molecule has 0 saturated heterocycles. The first kappa shape index (κ1) is 20.9. The van der Waals surface area contributed by atoms with Crippen LogP contribution in [-0.4, -0.2) is 16.8 Å². The summed E-state index contributed by atoms with van der Waals surface area (Å²) in [5.41, 5.74) is -0.880. The predicted molar refractivity (Wildman–Crippen MR) is 97.5 cm³/mol. The minimum absolute atomic E-state index is 0.0879. The van der Waals surface area contributed by atoms with Gasteiger partial charge in [-0.05, 0) is 23.1 Å². The number of halogens is 3. The van der Waals surface area contributed by atoms with Crippen molar-refractivity contribution in [3.63, 3.8) is 0 Å². The van der Waals surface area contributed by atoms with Crippen LogP contribution in [0.4, 0.5) is 18.3 Å². The monoisotopic (exact) mass is 399 g/mol. The average Bonchev–Trinajstić information content (AvgIpc) is 2.98. The molecule has 2 aromatic rings. The largest absolute Gasteiger partial charge is 0.416 e. The van der Waals surface area contributed by atoms with Crippen LogP contribution in [0.1, 0.15) is 55.4 Å². The zero-order valence-electron chi connectivity index (χ0n) is 15.3. The molecule has 1 aromatic heterocycles. The molecule has 1 heterocycles. The number of benzene rings is 1. The van der Waals surface area contributed by atoms with Gasteiger partial charge in [0.2, 0.25) is 5.91 Å². The highest BCUT2D eigenvalue weighted by molar-refractivity contribution is 7.14. The summed E-state index contributed by atoms with van der Waals surface area (Å²) in [6.07, 6.45) is -4.47. The molecule has 2 N–H and O–H groups in total. The summed E-state index contributed by atoms with van der Waals surface area (Å²) < 4.78 is 39.1. The number of nitrogens with one attached hydrogen (secondary N) is 2. The number of thiazole rings is 1. The average molecular weight is 399 g/mol. The summed E-state index contributed by atoms with van der Waals surface area (Å²) in [6.45, 7) is 6.79. The van der Waals surface area contributed by atoms with Crippen molar-refractivity contribution in [3.05, 3.63) is 46.5 Å². The number of carbonyl (C=O) groups excluding carboxylic acids is 2. The lowest BCUT2D eigenvalue weighted by Gasteiger charge is -2.32. The van der Waals surface area contributed by atoms with Crippen LogP contribution in [0.3, 0.4) is 0 Å². The van der Waals surface area contributed by atoms with E-state index in [-0.39, 0.29) is 16.7 Å². The van der Waals surface area contributed by atoms with E-state index in [1.807, 2.05) is 20.8 Å². The lowest BCUT2D eigenvalue weighted by molar-refractivity contribution is -0.137. The number of nitrogens with zero attached hydrogens (tertiary/aromatic N) is 1. The topological polar surface area (TPSA) is 71.1 Å². The van der Waals surface area contributed by atoms with E-state index in [0.29, 0.717) is 5.56 Å². The Morgan fingerprint density at radius 2 is 1.85 bits per heavy atom. The molecule has 0 saturated carbocycles. The van der Waals surface area contributed by atoms with Gasteiger partial charge in [-0.15, -0.1) is 11.3 Å². The Hall–Kier alpha value is -2.42. The summed E-state index contributed by atoms with van der Waals surface area (Å²) >= 11 is 1.09. The van der Waals surface area contributed by atoms with Crippen molar-refractivity contribution in [3.8, 4) is 0 Å². The van der Waals surface area contributed by atoms with Crippen molar-refractivity contribution in [2.75, 3.05) is 5.32 Å². The highest BCUT2D eigenvalue weighted by Gasteiger charge is 2.34. The van der Waals surface area contributed by atoms with Gasteiger partial charge in [-0.25, -0.2) is 4.98 Å². The Morgan fingerprint density at radius 1 is 1.19 bits per heavy atom. The van der Waals surface area contributed by atoms with Gasteiger partial charge < -0.3 is 10.6 Å². The molecule has 1 unspecified atom stereocenters. The van der Waals surface area contributed by atoms with Crippen molar-refractivity contribution in [2.24, 2.45) is 5.41 Å². The van der Waals surface area contributed by atoms with Crippen LogP contribution in [-0.2, 0) is 11.0 Å². The lowest BCUT2D eigenvalue weighted by Crippen LogP contribution is -2.37. The van der Waals surface area contributed by atoms with Crippen LogP contribution in [0.5, 0.6) is 0 Å². The highest BCUT2D eigenvalue weighted by Crippen LogP contribution is 2.36. The third kappa shape index (κ3) is 5.53. The van der Waals surface area contributed by atoms with E-state index in [0.717, 1.165) is 23.5 Å².